The molecule has 21 heavy (non-hydrogen) atoms. The summed E-state index contributed by atoms with van der Waals surface area (Å²) in [6, 6.07) is 10.1. The number of sulfone groups is 1. The molecule has 116 valence electrons. The van der Waals surface area contributed by atoms with Crippen molar-refractivity contribution in [1.82, 2.24) is 0 Å². The third kappa shape index (κ3) is 4.88. The highest BCUT2D eigenvalue weighted by Crippen LogP contribution is 2.23. The van der Waals surface area contributed by atoms with Crippen LogP contribution in [0.5, 0.6) is 0 Å². The van der Waals surface area contributed by atoms with Crippen molar-refractivity contribution in [2.24, 2.45) is 0 Å². The minimum atomic E-state index is -2.84. The second-order valence-corrected chi connectivity index (χ2v) is 8.07. The van der Waals surface area contributed by atoms with Gasteiger partial charge in [0, 0.05) is 0 Å². The predicted molar refractivity (Wildman–Crippen MR) is 86.7 cm³/mol. The van der Waals surface area contributed by atoms with Gasteiger partial charge in [0.25, 0.3) is 0 Å². The molecule has 1 heterocycles. The molecule has 1 aliphatic heterocycles. The molecule has 0 N–H and O–H groups in total. The first-order valence-electron chi connectivity index (χ1n) is 7.65. The Bertz CT molecular complexity index is 561. The third-order valence-electron chi connectivity index (χ3n) is 3.99. The lowest BCUT2D eigenvalue weighted by Gasteiger charge is -2.21. The van der Waals surface area contributed by atoms with Gasteiger partial charge in [-0.3, -0.25) is 0 Å². The van der Waals surface area contributed by atoms with E-state index in [0.717, 1.165) is 43.2 Å². The zero-order chi connectivity index (χ0) is 15.1. The maximum Gasteiger partial charge on any atom is 0.153 e. The van der Waals surface area contributed by atoms with Gasteiger partial charge in [-0.05, 0) is 43.7 Å². The van der Waals surface area contributed by atoms with E-state index in [4.69, 9.17) is 4.74 Å². The van der Waals surface area contributed by atoms with Crippen molar-refractivity contribution in [1.29, 1.82) is 0 Å². The summed E-state index contributed by atoms with van der Waals surface area (Å²) in [5.41, 5.74) is 2.23. The van der Waals surface area contributed by atoms with Gasteiger partial charge in [0.15, 0.2) is 9.84 Å². The fourth-order valence-electron chi connectivity index (χ4n) is 2.69. The second-order valence-electron chi connectivity index (χ2n) is 5.66. The summed E-state index contributed by atoms with van der Waals surface area (Å²) in [6.45, 7) is 2.59. The minimum absolute atomic E-state index is 0.144. The van der Waals surface area contributed by atoms with Gasteiger partial charge in [0.1, 0.15) is 0 Å². The highest BCUT2D eigenvalue weighted by Gasteiger charge is 2.27. The highest BCUT2D eigenvalue weighted by molar-refractivity contribution is 7.92. The number of rotatable bonds is 6. The predicted octanol–water partition coefficient (Wildman–Crippen LogP) is 3.81. The molecule has 0 spiro atoms. The Hall–Kier alpha value is -1.29. The Labute approximate surface area is 127 Å². The van der Waals surface area contributed by atoms with Crippen LogP contribution in [0.3, 0.4) is 0 Å². The molecule has 0 amide bonds. The van der Waals surface area contributed by atoms with Crippen molar-refractivity contribution in [3.8, 4) is 0 Å². The fraction of sp³-hybridized carbons (Fsp3) is 0.529. The Morgan fingerprint density at radius 2 is 2.05 bits per heavy atom. The van der Waals surface area contributed by atoms with Crippen molar-refractivity contribution >= 4 is 15.4 Å². The zero-order valence-corrected chi connectivity index (χ0v) is 13.4. The van der Waals surface area contributed by atoms with E-state index < -0.39 is 9.84 Å². The Balaban J connectivity index is 1.73. The maximum absolute atomic E-state index is 11.9. The van der Waals surface area contributed by atoms with Crippen molar-refractivity contribution in [3.63, 3.8) is 0 Å². The first-order valence-corrected chi connectivity index (χ1v) is 9.36. The smallest absolute Gasteiger partial charge is 0.153 e. The number of hydrogen-bond acceptors (Lipinski definition) is 3. The number of hydrogen-bond donors (Lipinski definition) is 0. The summed E-state index contributed by atoms with van der Waals surface area (Å²) >= 11 is 0. The Kier molecular flexibility index (Phi) is 5.85. The largest absolute Gasteiger partial charge is 0.501 e. The van der Waals surface area contributed by atoms with Gasteiger partial charge in [-0.1, -0.05) is 36.8 Å². The summed E-state index contributed by atoms with van der Waals surface area (Å²) in [5.74, 6) is 0.367. The Morgan fingerprint density at radius 3 is 2.76 bits per heavy atom. The van der Waals surface area contributed by atoms with Crippen LogP contribution in [0.1, 0.15) is 44.6 Å². The van der Waals surface area contributed by atoms with Crippen LogP contribution >= 0.6 is 0 Å². The molecule has 0 radical (unpaired) electrons. The molecular weight excluding hydrogens is 284 g/mol. The molecule has 1 aromatic carbocycles. The average Bonchev–Trinajstić information content (AvgIpc) is 2.49. The van der Waals surface area contributed by atoms with Gasteiger partial charge in [-0.25, -0.2) is 8.42 Å². The zero-order valence-electron chi connectivity index (χ0n) is 12.6. The van der Waals surface area contributed by atoms with Crippen LogP contribution in [0.15, 0.2) is 36.6 Å². The molecule has 3 nitrogen and oxygen atoms in total. The molecule has 2 rings (SSSR count). The number of ether oxygens (including phenoxy) is 1. The summed E-state index contributed by atoms with van der Waals surface area (Å²) in [4.78, 5) is 0. The van der Waals surface area contributed by atoms with E-state index >= 15 is 0 Å². The molecule has 1 aromatic rings. The quantitative estimate of drug-likeness (QED) is 0.593. The molecular formula is C17H24O3S. The van der Waals surface area contributed by atoms with Crippen LogP contribution in [0.2, 0.25) is 0 Å². The van der Waals surface area contributed by atoms with Crippen LogP contribution in [0.4, 0.5) is 0 Å². The van der Waals surface area contributed by atoms with Crippen LogP contribution in [-0.2, 0) is 14.6 Å². The van der Waals surface area contributed by atoms with Gasteiger partial charge in [-0.2, -0.15) is 0 Å². The summed E-state index contributed by atoms with van der Waals surface area (Å²) in [6.07, 6.45) is 5.97. The lowest BCUT2D eigenvalue weighted by atomic mass is 10.1. The lowest BCUT2D eigenvalue weighted by Crippen LogP contribution is -2.28. The molecule has 1 unspecified atom stereocenters. The standard InChI is InChI=1S/C17H24O3S/c1-15(16-8-3-2-4-9-16)14-20-12-7-11-17-10-5-6-13-21(17,18)19/h2-4,8-9,14,17H,5-7,10-13H2,1H3/b15-14-. The van der Waals surface area contributed by atoms with E-state index in [2.05, 4.69) is 0 Å². The molecule has 1 fully saturated rings. The topological polar surface area (TPSA) is 43.4 Å². The molecule has 4 heteroatoms. The van der Waals surface area contributed by atoms with E-state index in [0.29, 0.717) is 12.4 Å². The van der Waals surface area contributed by atoms with Gasteiger partial charge in [-0.15, -0.1) is 0 Å². The second kappa shape index (κ2) is 7.64. The van der Waals surface area contributed by atoms with E-state index in [1.54, 1.807) is 6.26 Å². The van der Waals surface area contributed by atoms with Gasteiger partial charge in [0.2, 0.25) is 0 Å². The Morgan fingerprint density at radius 1 is 1.29 bits per heavy atom. The number of allylic oxidation sites excluding steroid dienone is 1. The fourth-order valence-corrected chi connectivity index (χ4v) is 4.68. The van der Waals surface area contributed by atoms with Crippen LogP contribution < -0.4 is 0 Å². The van der Waals surface area contributed by atoms with Crippen LogP contribution in [0, 0.1) is 0 Å². The average molecular weight is 308 g/mol. The molecule has 1 saturated heterocycles. The SMILES string of the molecule is C/C(=C/OCCCC1CCCCS1(=O)=O)c1ccccc1. The summed E-state index contributed by atoms with van der Waals surface area (Å²) in [5, 5.41) is -0.144. The van der Waals surface area contributed by atoms with Crippen LogP contribution in [-0.4, -0.2) is 26.0 Å². The first-order chi connectivity index (χ1) is 10.1. The van der Waals surface area contributed by atoms with Crippen molar-refractivity contribution in [3.05, 3.63) is 42.2 Å². The highest BCUT2D eigenvalue weighted by atomic mass is 32.2. The van der Waals surface area contributed by atoms with Crippen LogP contribution in [0.25, 0.3) is 5.57 Å². The van der Waals surface area contributed by atoms with E-state index in [1.165, 1.54) is 0 Å². The molecule has 0 bridgehead atoms. The minimum Gasteiger partial charge on any atom is -0.501 e. The molecule has 0 aromatic heterocycles. The number of benzene rings is 1. The van der Waals surface area contributed by atoms with Crippen molar-refractivity contribution < 1.29 is 13.2 Å². The molecule has 1 atom stereocenters. The lowest BCUT2D eigenvalue weighted by molar-refractivity contribution is 0.241. The van der Waals surface area contributed by atoms with E-state index in [-0.39, 0.29) is 5.25 Å². The van der Waals surface area contributed by atoms with Gasteiger partial charge >= 0.3 is 0 Å². The van der Waals surface area contributed by atoms with Crippen molar-refractivity contribution in [2.75, 3.05) is 12.4 Å². The van der Waals surface area contributed by atoms with E-state index in [9.17, 15) is 8.42 Å². The van der Waals surface area contributed by atoms with E-state index in [1.807, 2.05) is 37.3 Å². The first kappa shape index (κ1) is 16.1. The van der Waals surface area contributed by atoms with Gasteiger partial charge < -0.3 is 4.74 Å². The molecule has 1 aliphatic rings. The maximum atomic E-state index is 11.9. The monoisotopic (exact) mass is 308 g/mol. The molecule has 0 saturated carbocycles. The van der Waals surface area contributed by atoms with Gasteiger partial charge in [0.05, 0.1) is 23.9 Å². The van der Waals surface area contributed by atoms with Crippen molar-refractivity contribution in [2.45, 2.75) is 44.3 Å². The summed E-state index contributed by atoms with van der Waals surface area (Å²) in [7, 11) is -2.84. The summed E-state index contributed by atoms with van der Waals surface area (Å²) < 4.78 is 29.3. The molecule has 0 aliphatic carbocycles. The normalized spacial score (nSPS) is 22.0. The third-order valence-corrected chi connectivity index (χ3v) is 6.34.